The zero-order valence-corrected chi connectivity index (χ0v) is 13.7. The van der Waals surface area contributed by atoms with Crippen molar-refractivity contribution in [2.24, 2.45) is 7.05 Å². The first-order valence-electron chi connectivity index (χ1n) is 7.04. The number of alkyl halides is 3. The Kier molecular flexibility index (Phi) is 4.34. The Balaban J connectivity index is 1.83. The lowest BCUT2D eigenvalue weighted by Crippen LogP contribution is -2.06. The van der Waals surface area contributed by atoms with Crippen LogP contribution in [0.4, 0.5) is 22.7 Å². The molecule has 0 amide bonds. The lowest BCUT2D eigenvalue weighted by Gasteiger charge is -2.07. The maximum atomic E-state index is 13.7. The first-order valence-corrected chi connectivity index (χ1v) is 7.85. The third-order valence-corrected chi connectivity index (χ3v) is 4.32. The quantitative estimate of drug-likeness (QED) is 0.674. The molecule has 0 saturated carbocycles. The minimum Gasteiger partial charge on any atom is -0.331 e. The van der Waals surface area contributed by atoms with Crippen LogP contribution in [0.1, 0.15) is 11.3 Å². The molecule has 3 aromatic rings. The average molecular weight is 368 g/mol. The van der Waals surface area contributed by atoms with Crippen LogP contribution >= 0.6 is 11.3 Å². The molecule has 2 aromatic heterocycles. The van der Waals surface area contributed by atoms with E-state index in [-0.39, 0.29) is 5.69 Å². The van der Waals surface area contributed by atoms with Crippen LogP contribution in [0.5, 0.6) is 0 Å². The molecule has 0 unspecified atom stereocenters. The van der Waals surface area contributed by atoms with Crippen molar-refractivity contribution in [2.75, 3.05) is 5.32 Å². The summed E-state index contributed by atoms with van der Waals surface area (Å²) in [5.74, 6) is -0.432. The van der Waals surface area contributed by atoms with E-state index in [0.29, 0.717) is 21.3 Å². The number of halogens is 4. The summed E-state index contributed by atoms with van der Waals surface area (Å²) in [7, 11) is 1.43. The van der Waals surface area contributed by atoms with E-state index < -0.39 is 17.7 Å². The number of anilines is 1. The van der Waals surface area contributed by atoms with E-state index in [1.165, 1.54) is 19.3 Å². The fourth-order valence-electron chi connectivity index (χ4n) is 2.19. The molecular weight excluding hydrogens is 356 g/mol. The fourth-order valence-corrected chi connectivity index (χ4v) is 3.08. The Bertz CT molecular complexity index is 926. The van der Waals surface area contributed by atoms with Crippen molar-refractivity contribution in [3.63, 3.8) is 0 Å². The van der Waals surface area contributed by atoms with E-state index in [2.05, 4.69) is 22.0 Å². The molecule has 1 aromatic carbocycles. The average Bonchev–Trinajstić information content (AvgIpc) is 3.13. The SMILES string of the molecule is C=C(Nc1ncc(-c2cc(C(F)(F)F)nn2C)s1)c1ccccc1F. The summed E-state index contributed by atoms with van der Waals surface area (Å²) >= 11 is 1.12. The zero-order chi connectivity index (χ0) is 18.2. The predicted molar refractivity (Wildman–Crippen MR) is 88.4 cm³/mol. The van der Waals surface area contributed by atoms with Gasteiger partial charge in [0.15, 0.2) is 10.8 Å². The van der Waals surface area contributed by atoms with E-state index in [9.17, 15) is 17.6 Å². The minimum absolute atomic E-state index is 0.286. The summed E-state index contributed by atoms with van der Waals surface area (Å²) in [6.45, 7) is 3.77. The highest BCUT2D eigenvalue weighted by Gasteiger charge is 2.34. The molecule has 2 heterocycles. The lowest BCUT2D eigenvalue weighted by atomic mass is 10.1. The third kappa shape index (κ3) is 3.55. The first kappa shape index (κ1) is 17.2. The van der Waals surface area contributed by atoms with Gasteiger partial charge in [-0.05, 0) is 18.2 Å². The number of hydrogen-bond donors (Lipinski definition) is 1. The van der Waals surface area contributed by atoms with E-state index in [1.807, 2.05) is 0 Å². The zero-order valence-electron chi connectivity index (χ0n) is 12.9. The smallest absolute Gasteiger partial charge is 0.331 e. The van der Waals surface area contributed by atoms with Crippen LogP contribution in [0.2, 0.25) is 0 Å². The van der Waals surface area contributed by atoms with Gasteiger partial charge in [-0.15, -0.1) is 0 Å². The highest BCUT2D eigenvalue weighted by molar-refractivity contribution is 7.18. The van der Waals surface area contributed by atoms with Gasteiger partial charge in [-0.3, -0.25) is 4.68 Å². The Hall–Kier alpha value is -2.68. The van der Waals surface area contributed by atoms with Crippen molar-refractivity contribution < 1.29 is 17.6 Å². The largest absolute Gasteiger partial charge is 0.435 e. The molecule has 0 bridgehead atoms. The van der Waals surface area contributed by atoms with Crippen molar-refractivity contribution in [2.45, 2.75) is 6.18 Å². The van der Waals surface area contributed by atoms with Crippen molar-refractivity contribution in [3.8, 4) is 10.6 Å². The van der Waals surface area contributed by atoms with Crippen LogP contribution < -0.4 is 5.32 Å². The topological polar surface area (TPSA) is 42.7 Å². The predicted octanol–water partition coefficient (Wildman–Crippen LogP) is 4.78. The van der Waals surface area contributed by atoms with Gasteiger partial charge in [-0.1, -0.05) is 30.0 Å². The maximum Gasteiger partial charge on any atom is 0.435 e. The number of benzene rings is 1. The van der Waals surface area contributed by atoms with E-state index in [0.717, 1.165) is 22.1 Å². The number of nitrogens with one attached hydrogen (secondary N) is 1. The summed E-state index contributed by atoms with van der Waals surface area (Å²) in [6, 6.07) is 7.07. The molecule has 0 radical (unpaired) electrons. The van der Waals surface area contributed by atoms with Gasteiger partial charge in [0.05, 0.1) is 10.6 Å². The van der Waals surface area contributed by atoms with Gasteiger partial charge in [0.1, 0.15) is 5.82 Å². The molecule has 0 fully saturated rings. The Labute approximate surface area is 144 Å². The Morgan fingerprint density at radius 2 is 2.00 bits per heavy atom. The second kappa shape index (κ2) is 6.32. The minimum atomic E-state index is -4.51. The molecule has 130 valence electrons. The van der Waals surface area contributed by atoms with E-state index >= 15 is 0 Å². The van der Waals surface area contributed by atoms with Gasteiger partial charge < -0.3 is 5.32 Å². The van der Waals surface area contributed by atoms with Gasteiger partial charge in [0.2, 0.25) is 0 Å². The van der Waals surface area contributed by atoms with Crippen molar-refractivity contribution >= 4 is 22.2 Å². The molecular formula is C16H12F4N4S. The van der Waals surface area contributed by atoms with Crippen molar-refractivity contribution in [1.29, 1.82) is 0 Å². The van der Waals surface area contributed by atoms with Crippen LogP contribution in [0, 0.1) is 5.82 Å². The summed E-state index contributed by atoms with van der Waals surface area (Å²) in [5.41, 5.74) is -0.0859. The van der Waals surface area contributed by atoms with Gasteiger partial charge in [-0.25, -0.2) is 9.37 Å². The molecule has 0 spiro atoms. The molecule has 3 rings (SSSR count). The number of hydrogen-bond acceptors (Lipinski definition) is 4. The molecule has 0 aliphatic rings. The number of aryl methyl sites for hydroxylation is 1. The second-order valence-electron chi connectivity index (χ2n) is 5.15. The number of nitrogens with zero attached hydrogens (tertiary/aromatic N) is 3. The molecule has 0 saturated heterocycles. The van der Waals surface area contributed by atoms with Gasteiger partial charge >= 0.3 is 6.18 Å². The molecule has 9 heteroatoms. The van der Waals surface area contributed by atoms with Crippen LogP contribution in [-0.4, -0.2) is 14.8 Å². The summed E-state index contributed by atoms with van der Waals surface area (Å²) < 4.78 is 53.1. The van der Waals surface area contributed by atoms with E-state index in [1.54, 1.807) is 18.2 Å². The molecule has 1 N–H and O–H groups in total. The number of rotatable bonds is 4. The lowest BCUT2D eigenvalue weighted by molar-refractivity contribution is -0.141. The van der Waals surface area contributed by atoms with Crippen LogP contribution in [-0.2, 0) is 13.2 Å². The van der Waals surface area contributed by atoms with Crippen molar-refractivity contribution in [3.05, 3.63) is 60.2 Å². The molecule has 4 nitrogen and oxygen atoms in total. The van der Waals surface area contributed by atoms with Crippen LogP contribution in [0.15, 0.2) is 43.1 Å². The van der Waals surface area contributed by atoms with Gasteiger partial charge in [0, 0.05) is 24.5 Å². The van der Waals surface area contributed by atoms with Crippen LogP contribution in [0.25, 0.3) is 16.3 Å². The van der Waals surface area contributed by atoms with Gasteiger partial charge in [-0.2, -0.15) is 18.3 Å². The first-order chi connectivity index (χ1) is 11.8. The highest BCUT2D eigenvalue weighted by atomic mass is 32.1. The summed E-state index contributed by atoms with van der Waals surface area (Å²) in [4.78, 5) is 4.60. The van der Waals surface area contributed by atoms with E-state index in [4.69, 9.17) is 0 Å². The maximum absolute atomic E-state index is 13.7. The number of aromatic nitrogens is 3. The third-order valence-electron chi connectivity index (χ3n) is 3.39. The fraction of sp³-hybridized carbons (Fsp3) is 0.125. The normalized spacial score (nSPS) is 11.6. The number of thiazole rings is 1. The molecule has 25 heavy (non-hydrogen) atoms. The van der Waals surface area contributed by atoms with Gasteiger partial charge in [0.25, 0.3) is 0 Å². The summed E-state index contributed by atoms with van der Waals surface area (Å²) in [6.07, 6.45) is -3.08. The Morgan fingerprint density at radius 1 is 1.28 bits per heavy atom. The summed E-state index contributed by atoms with van der Waals surface area (Å²) in [5, 5.41) is 6.72. The Morgan fingerprint density at radius 3 is 2.64 bits per heavy atom. The standard InChI is InChI=1S/C16H12F4N4S/c1-9(10-5-3-4-6-11(10)17)22-15-21-8-13(25-15)12-7-14(16(18,19)20)23-24(12)2/h3-8H,1H2,2H3,(H,21,22). The molecule has 0 atom stereocenters. The highest BCUT2D eigenvalue weighted by Crippen LogP contribution is 2.35. The molecule has 0 aliphatic heterocycles. The van der Waals surface area contributed by atoms with Crippen molar-refractivity contribution in [1.82, 2.24) is 14.8 Å². The monoisotopic (exact) mass is 368 g/mol. The van der Waals surface area contributed by atoms with Crippen LogP contribution in [0.3, 0.4) is 0 Å². The molecule has 0 aliphatic carbocycles. The second-order valence-corrected chi connectivity index (χ2v) is 6.18.